The zero-order valence-corrected chi connectivity index (χ0v) is 30.1. The van der Waals surface area contributed by atoms with Gasteiger partial charge in [0.25, 0.3) is 12.4 Å². The molecule has 0 aromatic carbocycles. The summed E-state index contributed by atoms with van der Waals surface area (Å²) in [5.74, 6) is 0.420. The molecule has 5 heteroatoms. The molecule has 0 bridgehead atoms. The molecule has 0 unspecified atom stereocenters. The van der Waals surface area contributed by atoms with Crippen LogP contribution in [0.5, 0.6) is 0 Å². The van der Waals surface area contributed by atoms with E-state index >= 15 is 0 Å². The van der Waals surface area contributed by atoms with Gasteiger partial charge in [-0.2, -0.15) is 9.58 Å². The van der Waals surface area contributed by atoms with Crippen LogP contribution < -0.4 is 0 Å². The second kappa shape index (κ2) is 41.4. The fraction of sp³-hybridized carbons (Fsp3) is 0.558. The zero-order chi connectivity index (χ0) is 34.7. The van der Waals surface area contributed by atoms with Gasteiger partial charge in [-0.25, -0.2) is 0 Å². The highest BCUT2D eigenvalue weighted by molar-refractivity contribution is 5.78. The second-order valence-electron chi connectivity index (χ2n) is 12.1. The van der Waals surface area contributed by atoms with Gasteiger partial charge in [0.1, 0.15) is 5.78 Å². The van der Waals surface area contributed by atoms with Gasteiger partial charge in [-0.3, -0.25) is 4.79 Å². The largest absolute Gasteiger partial charge is 0.362 e. The normalized spacial score (nSPS) is 12.3. The van der Waals surface area contributed by atoms with Crippen molar-refractivity contribution in [1.82, 2.24) is 0 Å². The van der Waals surface area contributed by atoms with Crippen molar-refractivity contribution in [2.24, 2.45) is 0 Å². The van der Waals surface area contributed by atoms with E-state index in [0.29, 0.717) is 5.78 Å². The van der Waals surface area contributed by atoms with Crippen LogP contribution in [0.4, 0.5) is 0 Å². The van der Waals surface area contributed by atoms with Crippen molar-refractivity contribution in [2.45, 2.75) is 154 Å². The van der Waals surface area contributed by atoms with Crippen LogP contribution in [0.3, 0.4) is 0 Å². The van der Waals surface area contributed by atoms with Gasteiger partial charge in [0.15, 0.2) is 0 Å². The minimum Gasteiger partial charge on any atom is -0.362 e. The van der Waals surface area contributed by atoms with Gasteiger partial charge in [0, 0.05) is 25.7 Å². The molecule has 5 nitrogen and oxygen atoms in total. The molecule has 0 radical (unpaired) electrons. The van der Waals surface area contributed by atoms with Crippen molar-refractivity contribution in [1.29, 1.82) is 0 Å². The van der Waals surface area contributed by atoms with Crippen LogP contribution in [-0.2, 0) is 4.79 Å². The van der Waals surface area contributed by atoms with Crippen LogP contribution in [-0.4, -0.2) is 27.8 Å². The average molecular weight is 655 g/mol. The summed E-state index contributed by atoms with van der Waals surface area (Å²) < 4.78 is 0. The lowest BCUT2D eigenvalue weighted by atomic mass is 10.1. The third-order valence-electron chi connectivity index (χ3n) is 7.69. The van der Waals surface area contributed by atoms with E-state index < -0.39 is 0 Å². The lowest BCUT2D eigenvalue weighted by Crippen LogP contribution is -1.97. The summed E-state index contributed by atoms with van der Waals surface area (Å²) in [5, 5.41) is 0. The van der Waals surface area contributed by atoms with Crippen LogP contribution in [0.1, 0.15) is 154 Å². The van der Waals surface area contributed by atoms with Gasteiger partial charge in [0.2, 0.25) is 0 Å². The number of ketones is 1. The van der Waals surface area contributed by atoms with Crippen molar-refractivity contribution >= 4 is 18.2 Å². The fourth-order valence-electron chi connectivity index (χ4n) is 4.86. The fourth-order valence-corrected chi connectivity index (χ4v) is 4.86. The Kier molecular flexibility index (Phi) is 38.2. The number of Topliss-reactive ketones (excluding diaryl/α,β-unsaturated/α-hetero) is 1. The van der Waals surface area contributed by atoms with Crippen molar-refractivity contribution < 1.29 is 14.4 Å². The van der Waals surface area contributed by atoms with E-state index in [2.05, 4.69) is 107 Å². The van der Waals surface area contributed by atoms with Gasteiger partial charge in [-0.05, 0) is 116 Å². The molecule has 0 aliphatic carbocycles. The molecule has 0 aromatic heterocycles. The van der Waals surface area contributed by atoms with E-state index in [4.69, 9.17) is 11.1 Å². The van der Waals surface area contributed by atoms with E-state index in [9.17, 15) is 4.79 Å². The van der Waals surface area contributed by atoms with E-state index in [1.54, 1.807) is 12.4 Å². The maximum Gasteiger partial charge on any atom is 0.257 e. The number of nitrogens with zero attached hydrogens (tertiary/aromatic N) is 4. The number of allylic oxidation sites excluding steroid dienone is 16. The molecule has 0 saturated heterocycles. The molecular formula is C43H66N4O. The Labute approximate surface area is 294 Å². The van der Waals surface area contributed by atoms with Gasteiger partial charge in [-0.1, -0.05) is 110 Å². The van der Waals surface area contributed by atoms with Crippen LogP contribution in [0.25, 0.3) is 11.1 Å². The first-order valence-corrected chi connectivity index (χ1v) is 18.8. The summed E-state index contributed by atoms with van der Waals surface area (Å²) in [6.45, 7) is 0. The molecule has 0 aliphatic rings. The standard InChI is InChI=1S/C43H66N4O/c44-46-41-37-33-29-25-21-17-13-9-5-1-3-7-11-15-19-23-27-31-35-39-43(48)40-36-32-28-24-20-16-12-8-4-2-6-10-14-18-22-26-30-34-38-42-47-45/h1-2,5-8,11-14,17-20,23-24,41-42H,3-4,9-10,15-16,21-22,25-40H2. The van der Waals surface area contributed by atoms with E-state index in [-0.39, 0.29) is 0 Å². The molecule has 264 valence electrons. The molecule has 0 atom stereocenters. The summed E-state index contributed by atoms with van der Waals surface area (Å²) in [6, 6.07) is 0. The lowest BCUT2D eigenvalue weighted by Gasteiger charge is -2.00. The van der Waals surface area contributed by atoms with Crippen LogP contribution in [0.15, 0.2) is 97.2 Å². The summed E-state index contributed by atoms with van der Waals surface area (Å²) in [5.41, 5.74) is 16.7. The Morgan fingerprint density at radius 3 is 0.875 bits per heavy atom. The molecule has 0 fully saturated rings. The van der Waals surface area contributed by atoms with Crippen molar-refractivity contribution in [3.05, 3.63) is 108 Å². The number of unbranched alkanes of at least 4 members (excludes halogenated alkanes) is 12. The maximum absolute atomic E-state index is 12.2. The van der Waals surface area contributed by atoms with Crippen LogP contribution in [0.2, 0.25) is 0 Å². The molecule has 0 aromatic rings. The molecular weight excluding hydrogens is 589 g/mol. The van der Waals surface area contributed by atoms with E-state index in [1.807, 2.05) is 0 Å². The molecule has 0 spiro atoms. The molecule has 0 N–H and O–H groups in total. The summed E-state index contributed by atoms with van der Waals surface area (Å²) >= 11 is 0. The van der Waals surface area contributed by atoms with Crippen molar-refractivity contribution in [2.75, 3.05) is 0 Å². The Morgan fingerprint density at radius 2 is 0.583 bits per heavy atom. The monoisotopic (exact) mass is 655 g/mol. The topological polar surface area (TPSA) is 89.9 Å². The Hall–Kier alpha value is -3.65. The highest BCUT2D eigenvalue weighted by Gasteiger charge is 2.00. The van der Waals surface area contributed by atoms with Crippen molar-refractivity contribution in [3.8, 4) is 0 Å². The summed E-state index contributed by atoms with van der Waals surface area (Å²) in [7, 11) is 0. The highest BCUT2D eigenvalue weighted by Crippen LogP contribution is 2.09. The van der Waals surface area contributed by atoms with Crippen molar-refractivity contribution in [3.63, 3.8) is 0 Å². The zero-order valence-electron chi connectivity index (χ0n) is 30.1. The third kappa shape index (κ3) is 40.4. The number of carbonyl (C=O) groups excluding carboxylic acids is 1. The second-order valence-corrected chi connectivity index (χ2v) is 12.1. The Balaban J connectivity index is 3.52. The average Bonchev–Trinajstić information content (AvgIpc) is 3.09. The first kappa shape index (κ1) is 44.4. The maximum atomic E-state index is 12.2. The van der Waals surface area contributed by atoms with Crippen LogP contribution in [0, 0.1) is 0 Å². The van der Waals surface area contributed by atoms with Gasteiger partial charge in [0.05, 0.1) is 0 Å². The third-order valence-corrected chi connectivity index (χ3v) is 7.69. The number of carbonyl (C=O) groups is 1. The molecule has 0 heterocycles. The van der Waals surface area contributed by atoms with Crippen LogP contribution >= 0.6 is 0 Å². The first-order chi connectivity index (χ1) is 23.8. The van der Waals surface area contributed by atoms with Gasteiger partial charge in [-0.15, -0.1) is 0 Å². The Bertz CT molecular complexity index is 992. The molecule has 48 heavy (non-hydrogen) atoms. The predicted octanol–water partition coefficient (Wildman–Crippen LogP) is 13.0. The smallest absolute Gasteiger partial charge is 0.257 e. The minimum atomic E-state index is 0.420. The SMILES string of the molecule is [N-]=[N+]=CCCCCCC=CCC=CCC=CCC=CCCCCC(=O)CCCCC=CCC=CCC=CCC=CCCCCCC=[N+]=[N-]. The number of rotatable bonds is 34. The number of hydrogen-bond donors (Lipinski definition) is 0. The Morgan fingerprint density at radius 1 is 0.333 bits per heavy atom. The van der Waals surface area contributed by atoms with E-state index in [0.717, 1.165) is 128 Å². The molecule has 0 rings (SSSR count). The molecule has 0 saturated carbocycles. The first-order valence-electron chi connectivity index (χ1n) is 18.8. The summed E-state index contributed by atoms with van der Waals surface area (Å²) in [4.78, 5) is 18.2. The minimum absolute atomic E-state index is 0.420. The quantitative estimate of drug-likeness (QED) is 0.0223. The van der Waals surface area contributed by atoms with Gasteiger partial charge < -0.3 is 11.1 Å². The highest BCUT2D eigenvalue weighted by atomic mass is 16.1. The van der Waals surface area contributed by atoms with Gasteiger partial charge >= 0.3 is 0 Å². The molecule has 0 aliphatic heterocycles. The molecule has 0 amide bonds. The summed E-state index contributed by atoms with van der Waals surface area (Å²) in [6.07, 6.45) is 63.4. The number of hydrogen-bond acceptors (Lipinski definition) is 1. The predicted molar refractivity (Wildman–Crippen MR) is 208 cm³/mol. The van der Waals surface area contributed by atoms with E-state index in [1.165, 1.54) is 25.7 Å². The lowest BCUT2D eigenvalue weighted by molar-refractivity contribution is -0.119.